The molecule has 3 rings (SSSR count). The van der Waals surface area contributed by atoms with Crippen LogP contribution in [0.5, 0.6) is 0 Å². The Kier molecular flexibility index (Phi) is 9.12. The van der Waals surface area contributed by atoms with Crippen molar-refractivity contribution in [3.05, 3.63) is 46.1 Å². The first-order valence-electron chi connectivity index (χ1n) is 11.3. The Bertz CT molecular complexity index is 1040. The van der Waals surface area contributed by atoms with E-state index in [1.165, 1.54) is 0 Å². The predicted molar refractivity (Wildman–Crippen MR) is 128 cm³/mol. The van der Waals surface area contributed by atoms with Crippen molar-refractivity contribution in [2.45, 2.75) is 32.2 Å². The lowest BCUT2D eigenvalue weighted by atomic mass is 9.82. The van der Waals surface area contributed by atoms with Gasteiger partial charge in [0.1, 0.15) is 12.7 Å². The second kappa shape index (κ2) is 12.5. The fourth-order valence-corrected chi connectivity index (χ4v) is 3.88. The predicted octanol–water partition coefficient (Wildman–Crippen LogP) is 2.41. The molecule has 35 heavy (non-hydrogen) atoms. The van der Waals surface area contributed by atoms with Crippen LogP contribution >= 0.6 is 0 Å². The highest BCUT2D eigenvalue weighted by molar-refractivity contribution is 5.93. The molecule has 13 nitrogen and oxygen atoms in total. The number of carboxylic acid groups (broad SMARTS) is 1. The summed E-state index contributed by atoms with van der Waals surface area (Å²) in [5, 5.41) is 40.0. The van der Waals surface area contributed by atoms with Gasteiger partial charge in [0.15, 0.2) is 0 Å². The van der Waals surface area contributed by atoms with Gasteiger partial charge in [-0.1, -0.05) is 12.1 Å². The Labute approximate surface area is 201 Å². The number of hydrogen-bond acceptors (Lipinski definition) is 9. The number of aromatic nitrogens is 2. The number of carbonyl (C=O) groups is 2. The third-order valence-electron chi connectivity index (χ3n) is 5.81. The first-order valence-corrected chi connectivity index (χ1v) is 11.3. The number of nitrogens with one attached hydrogen (secondary N) is 4. The van der Waals surface area contributed by atoms with E-state index in [-0.39, 0.29) is 30.6 Å². The molecule has 1 aliphatic rings. The molecule has 0 atom stereocenters. The molecular weight excluding hydrogens is 458 g/mol. The second-order valence-electron chi connectivity index (χ2n) is 8.40. The van der Waals surface area contributed by atoms with Crippen LogP contribution in [0.4, 0.5) is 27.9 Å². The number of carbonyl (C=O) groups excluding carboxylic acids is 1. The van der Waals surface area contributed by atoms with Gasteiger partial charge in [0, 0.05) is 25.4 Å². The summed E-state index contributed by atoms with van der Waals surface area (Å²) in [4.78, 5) is 41.5. The average molecular weight is 488 g/mol. The van der Waals surface area contributed by atoms with Gasteiger partial charge in [-0.2, -0.15) is 4.98 Å². The first kappa shape index (κ1) is 25.6. The summed E-state index contributed by atoms with van der Waals surface area (Å²) >= 11 is 0. The largest absolute Gasteiger partial charge is 0.465 e. The molecule has 188 valence electrons. The van der Waals surface area contributed by atoms with E-state index in [2.05, 4.69) is 25.9 Å². The van der Waals surface area contributed by atoms with Crippen molar-refractivity contribution in [1.29, 1.82) is 0 Å². The van der Waals surface area contributed by atoms with Gasteiger partial charge >= 0.3 is 11.8 Å². The topological polar surface area (TPSA) is 192 Å². The lowest BCUT2D eigenvalue weighted by molar-refractivity contribution is -0.384. The maximum absolute atomic E-state index is 11.8. The van der Waals surface area contributed by atoms with Gasteiger partial charge in [0.2, 0.25) is 17.7 Å². The summed E-state index contributed by atoms with van der Waals surface area (Å²) in [6.45, 7) is 0.671. The van der Waals surface area contributed by atoms with Crippen molar-refractivity contribution in [3.8, 4) is 0 Å². The fourth-order valence-electron chi connectivity index (χ4n) is 3.88. The van der Waals surface area contributed by atoms with E-state index >= 15 is 0 Å². The van der Waals surface area contributed by atoms with Crippen molar-refractivity contribution in [2.24, 2.45) is 11.8 Å². The number of aliphatic hydroxyl groups is 1. The molecule has 2 aromatic rings. The zero-order chi connectivity index (χ0) is 25.2. The fraction of sp³-hybridized carbons (Fsp3) is 0.455. The van der Waals surface area contributed by atoms with E-state index in [0.717, 1.165) is 37.4 Å². The van der Waals surface area contributed by atoms with Gasteiger partial charge in [0.05, 0.1) is 4.92 Å². The minimum absolute atomic E-state index is 0.142. The van der Waals surface area contributed by atoms with Crippen LogP contribution < -0.4 is 21.3 Å². The smallest absolute Gasteiger partial charge is 0.405 e. The van der Waals surface area contributed by atoms with Gasteiger partial charge in [-0.15, -0.1) is 0 Å². The molecule has 0 spiro atoms. The Hall–Kier alpha value is -4.00. The van der Waals surface area contributed by atoms with Crippen LogP contribution in [0.15, 0.2) is 30.5 Å². The van der Waals surface area contributed by atoms with Gasteiger partial charge < -0.3 is 31.5 Å². The van der Waals surface area contributed by atoms with E-state index in [0.29, 0.717) is 30.6 Å². The van der Waals surface area contributed by atoms with Crippen LogP contribution in [0.1, 0.15) is 31.2 Å². The summed E-state index contributed by atoms with van der Waals surface area (Å²) in [6.07, 6.45) is 3.65. The molecule has 0 saturated heterocycles. The molecule has 1 fully saturated rings. The summed E-state index contributed by atoms with van der Waals surface area (Å²) in [7, 11) is 0. The van der Waals surface area contributed by atoms with Gasteiger partial charge in [0.25, 0.3) is 0 Å². The molecule has 1 aliphatic carbocycles. The maximum Gasteiger partial charge on any atom is 0.405 e. The minimum Gasteiger partial charge on any atom is -0.465 e. The van der Waals surface area contributed by atoms with Crippen molar-refractivity contribution < 1.29 is 24.7 Å². The molecule has 1 heterocycles. The van der Waals surface area contributed by atoms with Crippen LogP contribution in [0.3, 0.4) is 0 Å². The number of nitrogens with zero attached hydrogens (tertiary/aromatic N) is 3. The molecule has 1 aromatic carbocycles. The molecule has 0 aliphatic heterocycles. The van der Waals surface area contributed by atoms with Gasteiger partial charge in [-0.25, -0.2) is 9.78 Å². The third kappa shape index (κ3) is 8.07. The van der Waals surface area contributed by atoms with E-state index in [1.54, 1.807) is 18.2 Å². The number of aliphatic hydroxyl groups excluding tert-OH is 1. The molecule has 6 N–H and O–H groups in total. The van der Waals surface area contributed by atoms with Crippen molar-refractivity contribution in [3.63, 3.8) is 0 Å². The second-order valence-corrected chi connectivity index (χ2v) is 8.40. The molecule has 13 heteroatoms. The van der Waals surface area contributed by atoms with Crippen LogP contribution in [-0.2, 0) is 11.3 Å². The first-order chi connectivity index (χ1) is 16.8. The molecular formula is C22H29N7O6. The monoisotopic (exact) mass is 487 g/mol. The molecule has 2 amide bonds. The van der Waals surface area contributed by atoms with Crippen LogP contribution in [0.25, 0.3) is 0 Å². The standard InChI is InChI=1S/C22H29N7O6/c30-13-15-6-4-14(5-7-15)9-23-20-18(29(34)35)11-25-21(28-20)24-10-16-2-1-3-17(8-16)27-19(31)12-26-22(32)33/h1-3,8,11,14-15,26,30H,4-7,9-10,12-13H2,(H,27,31)(H,32,33)(H2,23,24,25,28). The zero-order valence-corrected chi connectivity index (χ0v) is 19.1. The Morgan fingerprint density at radius 1 is 1.14 bits per heavy atom. The SMILES string of the molecule is O=C(O)NCC(=O)Nc1cccc(CNc2ncc([N+](=O)[O-])c(NCC3CCC(CO)CC3)n2)c1. The molecule has 1 aromatic heterocycles. The maximum atomic E-state index is 11.8. The normalized spacial score (nSPS) is 17.3. The van der Waals surface area contributed by atoms with E-state index in [9.17, 15) is 24.8 Å². The average Bonchev–Trinajstić information content (AvgIpc) is 2.85. The van der Waals surface area contributed by atoms with Crippen molar-refractivity contribution >= 4 is 35.1 Å². The molecule has 0 radical (unpaired) electrons. The summed E-state index contributed by atoms with van der Waals surface area (Å²) in [5.74, 6) is 0.541. The van der Waals surface area contributed by atoms with Crippen LogP contribution in [0, 0.1) is 22.0 Å². The minimum atomic E-state index is -1.29. The summed E-state index contributed by atoms with van der Waals surface area (Å²) < 4.78 is 0. The highest BCUT2D eigenvalue weighted by Gasteiger charge is 2.23. The Balaban J connectivity index is 1.59. The van der Waals surface area contributed by atoms with Gasteiger partial charge in [-0.3, -0.25) is 14.9 Å². The summed E-state index contributed by atoms with van der Waals surface area (Å²) in [6, 6.07) is 6.91. The lowest BCUT2D eigenvalue weighted by Gasteiger charge is -2.27. The number of hydrogen-bond donors (Lipinski definition) is 6. The van der Waals surface area contributed by atoms with Gasteiger partial charge in [-0.05, 0) is 55.2 Å². The lowest BCUT2D eigenvalue weighted by Crippen LogP contribution is -2.31. The number of benzene rings is 1. The van der Waals surface area contributed by atoms with Crippen molar-refractivity contribution in [1.82, 2.24) is 15.3 Å². The van der Waals surface area contributed by atoms with Crippen molar-refractivity contribution in [2.75, 3.05) is 35.6 Å². The van der Waals surface area contributed by atoms with Crippen LogP contribution in [-0.4, -0.2) is 56.8 Å². The zero-order valence-electron chi connectivity index (χ0n) is 19.1. The van der Waals surface area contributed by atoms with Crippen LogP contribution in [0.2, 0.25) is 0 Å². The number of rotatable bonds is 11. The summed E-state index contributed by atoms with van der Waals surface area (Å²) in [5.41, 5.74) is 1.06. The van der Waals surface area contributed by atoms with E-state index in [4.69, 9.17) is 5.11 Å². The highest BCUT2D eigenvalue weighted by atomic mass is 16.6. The number of anilines is 3. The highest BCUT2D eigenvalue weighted by Crippen LogP contribution is 2.30. The quantitative estimate of drug-likeness (QED) is 0.202. The molecule has 0 bridgehead atoms. The molecule has 0 unspecified atom stereocenters. The number of nitro groups is 1. The van der Waals surface area contributed by atoms with E-state index in [1.807, 2.05) is 11.4 Å². The Morgan fingerprint density at radius 2 is 1.89 bits per heavy atom. The third-order valence-corrected chi connectivity index (χ3v) is 5.81. The van der Waals surface area contributed by atoms with E-state index < -0.39 is 16.9 Å². The molecule has 1 saturated carbocycles. The Morgan fingerprint density at radius 3 is 2.57 bits per heavy atom. The number of amides is 2.